The van der Waals surface area contributed by atoms with Crippen LogP contribution in [0.4, 0.5) is 0 Å². The molecule has 1 saturated carbocycles. The SMILES string of the molecule is Cc1noc(C)c1COc1cccc(C(=O)N(Cc2ccccc2)C2CC2)c1. The zero-order valence-corrected chi connectivity index (χ0v) is 16.2. The van der Waals surface area contributed by atoms with Crippen LogP contribution in [0.1, 0.15) is 45.8 Å². The van der Waals surface area contributed by atoms with Gasteiger partial charge in [-0.15, -0.1) is 0 Å². The molecule has 1 heterocycles. The average molecular weight is 376 g/mol. The molecule has 0 bridgehead atoms. The quantitative estimate of drug-likeness (QED) is 0.601. The normalized spacial score (nSPS) is 13.4. The molecule has 144 valence electrons. The number of aromatic nitrogens is 1. The maximum absolute atomic E-state index is 13.2. The minimum absolute atomic E-state index is 0.0501. The lowest BCUT2D eigenvalue weighted by atomic mass is 10.1. The second-order valence-electron chi connectivity index (χ2n) is 7.27. The Hall–Kier alpha value is -3.08. The lowest BCUT2D eigenvalue weighted by Gasteiger charge is -2.23. The zero-order chi connectivity index (χ0) is 19.5. The second kappa shape index (κ2) is 7.89. The van der Waals surface area contributed by atoms with E-state index in [0.717, 1.165) is 35.4 Å². The van der Waals surface area contributed by atoms with Crippen LogP contribution >= 0.6 is 0 Å². The third kappa shape index (κ3) is 4.09. The van der Waals surface area contributed by atoms with Gasteiger partial charge in [0.2, 0.25) is 0 Å². The van der Waals surface area contributed by atoms with Gasteiger partial charge < -0.3 is 14.2 Å². The number of benzene rings is 2. The first-order chi connectivity index (χ1) is 13.6. The van der Waals surface area contributed by atoms with Crippen molar-refractivity contribution in [3.8, 4) is 5.75 Å². The number of nitrogens with zero attached hydrogens (tertiary/aromatic N) is 2. The molecule has 0 saturated heterocycles. The fraction of sp³-hybridized carbons (Fsp3) is 0.304. The highest BCUT2D eigenvalue weighted by molar-refractivity contribution is 5.95. The summed E-state index contributed by atoms with van der Waals surface area (Å²) in [4.78, 5) is 15.1. The highest BCUT2D eigenvalue weighted by Crippen LogP contribution is 2.30. The number of ether oxygens (including phenoxy) is 1. The fourth-order valence-corrected chi connectivity index (χ4v) is 3.28. The van der Waals surface area contributed by atoms with Crippen LogP contribution in [-0.2, 0) is 13.2 Å². The molecule has 0 atom stereocenters. The highest BCUT2D eigenvalue weighted by Gasteiger charge is 2.33. The lowest BCUT2D eigenvalue weighted by molar-refractivity contribution is 0.0729. The van der Waals surface area contributed by atoms with Gasteiger partial charge in [0.1, 0.15) is 18.1 Å². The molecular weight excluding hydrogens is 352 g/mol. The summed E-state index contributed by atoms with van der Waals surface area (Å²) in [5.41, 5.74) is 3.57. The van der Waals surface area contributed by atoms with Crippen molar-refractivity contribution < 1.29 is 14.1 Å². The van der Waals surface area contributed by atoms with Gasteiger partial charge >= 0.3 is 0 Å². The molecule has 0 spiro atoms. The van der Waals surface area contributed by atoms with Crippen LogP contribution in [0.3, 0.4) is 0 Å². The Kier molecular flexibility index (Phi) is 5.15. The summed E-state index contributed by atoms with van der Waals surface area (Å²) in [6.07, 6.45) is 2.14. The molecule has 2 aromatic carbocycles. The largest absolute Gasteiger partial charge is 0.489 e. The third-order valence-corrected chi connectivity index (χ3v) is 5.09. The Morgan fingerprint density at radius 3 is 2.61 bits per heavy atom. The molecule has 1 fully saturated rings. The highest BCUT2D eigenvalue weighted by atomic mass is 16.5. The molecular formula is C23H24N2O3. The molecule has 0 aliphatic heterocycles. The van der Waals surface area contributed by atoms with Gasteiger partial charge in [-0.1, -0.05) is 41.6 Å². The number of aryl methyl sites for hydroxylation is 2. The maximum Gasteiger partial charge on any atom is 0.254 e. The number of hydrogen-bond donors (Lipinski definition) is 0. The van der Waals surface area contributed by atoms with E-state index in [1.165, 1.54) is 0 Å². The first-order valence-electron chi connectivity index (χ1n) is 9.61. The molecule has 5 heteroatoms. The first-order valence-corrected chi connectivity index (χ1v) is 9.61. The van der Waals surface area contributed by atoms with Crippen LogP contribution in [0.2, 0.25) is 0 Å². The molecule has 4 rings (SSSR count). The number of rotatable bonds is 7. The lowest BCUT2D eigenvalue weighted by Crippen LogP contribution is -2.32. The summed E-state index contributed by atoms with van der Waals surface area (Å²) in [5.74, 6) is 1.47. The van der Waals surface area contributed by atoms with Crippen LogP contribution in [0.5, 0.6) is 5.75 Å². The van der Waals surface area contributed by atoms with E-state index in [4.69, 9.17) is 9.26 Å². The second-order valence-corrected chi connectivity index (χ2v) is 7.27. The van der Waals surface area contributed by atoms with E-state index < -0.39 is 0 Å². The van der Waals surface area contributed by atoms with E-state index in [0.29, 0.717) is 30.5 Å². The molecule has 3 aromatic rings. The number of carbonyl (C=O) groups excluding carboxylic acids is 1. The van der Waals surface area contributed by atoms with Crippen LogP contribution in [0.15, 0.2) is 59.1 Å². The Labute approximate surface area is 164 Å². The summed E-state index contributed by atoms with van der Waals surface area (Å²) >= 11 is 0. The van der Waals surface area contributed by atoms with Crippen molar-refractivity contribution in [1.29, 1.82) is 0 Å². The molecule has 0 unspecified atom stereocenters. The minimum Gasteiger partial charge on any atom is -0.489 e. The summed E-state index contributed by atoms with van der Waals surface area (Å²) in [6.45, 7) is 4.77. The summed E-state index contributed by atoms with van der Waals surface area (Å²) in [6, 6.07) is 17.9. The number of hydrogen-bond acceptors (Lipinski definition) is 4. The Morgan fingerprint density at radius 2 is 1.93 bits per heavy atom. The Morgan fingerprint density at radius 1 is 1.14 bits per heavy atom. The fourth-order valence-electron chi connectivity index (χ4n) is 3.28. The van der Waals surface area contributed by atoms with Crippen molar-refractivity contribution in [1.82, 2.24) is 10.1 Å². The summed E-state index contributed by atoms with van der Waals surface area (Å²) in [7, 11) is 0. The van der Waals surface area contributed by atoms with Crippen molar-refractivity contribution >= 4 is 5.91 Å². The van der Waals surface area contributed by atoms with Gasteiger partial charge in [-0.25, -0.2) is 0 Å². The van der Waals surface area contributed by atoms with Gasteiger partial charge in [0.25, 0.3) is 5.91 Å². The van der Waals surface area contributed by atoms with E-state index in [2.05, 4.69) is 17.3 Å². The molecule has 1 aliphatic rings. The van der Waals surface area contributed by atoms with Gasteiger partial charge in [0, 0.05) is 18.2 Å². The topological polar surface area (TPSA) is 55.6 Å². The maximum atomic E-state index is 13.2. The van der Waals surface area contributed by atoms with Crippen molar-refractivity contribution in [3.63, 3.8) is 0 Å². The Balaban J connectivity index is 1.48. The van der Waals surface area contributed by atoms with Crippen molar-refractivity contribution in [2.45, 2.75) is 45.9 Å². The third-order valence-electron chi connectivity index (χ3n) is 5.09. The zero-order valence-electron chi connectivity index (χ0n) is 16.2. The smallest absolute Gasteiger partial charge is 0.254 e. The minimum atomic E-state index is 0.0501. The van der Waals surface area contributed by atoms with Crippen molar-refractivity contribution in [2.24, 2.45) is 0 Å². The van der Waals surface area contributed by atoms with E-state index in [1.807, 2.05) is 61.2 Å². The van der Waals surface area contributed by atoms with E-state index in [1.54, 1.807) is 0 Å². The summed E-state index contributed by atoms with van der Waals surface area (Å²) in [5, 5.41) is 3.95. The molecule has 1 amide bonds. The van der Waals surface area contributed by atoms with E-state index in [-0.39, 0.29) is 5.91 Å². The molecule has 5 nitrogen and oxygen atoms in total. The van der Waals surface area contributed by atoms with Crippen molar-refractivity contribution in [3.05, 3.63) is 82.7 Å². The predicted octanol–water partition coefficient (Wildman–Crippen LogP) is 4.68. The van der Waals surface area contributed by atoms with Gasteiger partial charge in [0.15, 0.2) is 0 Å². The van der Waals surface area contributed by atoms with Crippen molar-refractivity contribution in [2.75, 3.05) is 0 Å². The standard InChI is InChI=1S/C23H24N2O3/c1-16-22(17(2)28-24-16)15-27-21-10-6-9-19(13-21)23(26)25(20-11-12-20)14-18-7-4-3-5-8-18/h3-10,13,20H,11-12,14-15H2,1-2H3. The molecule has 0 radical (unpaired) electrons. The molecule has 28 heavy (non-hydrogen) atoms. The molecule has 1 aliphatic carbocycles. The van der Waals surface area contributed by atoms with E-state index >= 15 is 0 Å². The van der Waals surface area contributed by atoms with Crippen LogP contribution in [0, 0.1) is 13.8 Å². The van der Waals surface area contributed by atoms with Gasteiger partial charge in [0.05, 0.1) is 11.3 Å². The van der Waals surface area contributed by atoms with Gasteiger partial charge in [-0.05, 0) is 50.5 Å². The van der Waals surface area contributed by atoms with E-state index in [9.17, 15) is 4.79 Å². The average Bonchev–Trinajstić information content (AvgIpc) is 3.51. The molecule has 1 aromatic heterocycles. The van der Waals surface area contributed by atoms with Crippen LogP contribution < -0.4 is 4.74 Å². The first kappa shape index (κ1) is 18.3. The Bertz CT molecular complexity index is 941. The van der Waals surface area contributed by atoms with Crippen LogP contribution in [-0.4, -0.2) is 22.0 Å². The predicted molar refractivity (Wildman–Crippen MR) is 106 cm³/mol. The number of amides is 1. The molecule has 0 N–H and O–H groups in total. The number of carbonyl (C=O) groups is 1. The monoisotopic (exact) mass is 376 g/mol. The summed E-state index contributed by atoms with van der Waals surface area (Å²) < 4.78 is 11.1. The van der Waals surface area contributed by atoms with Gasteiger partial charge in [-0.3, -0.25) is 4.79 Å². The van der Waals surface area contributed by atoms with Crippen LogP contribution in [0.25, 0.3) is 0 Å². The van der Waals surface area contributed by atoms with Gasteiger partial charge in [-0.2, -0.15) is 0 Å².